The molecule has 19 N–H and O–H groups in total. The minimum Gasteiger partial charge on any atom is -0.391 e. The first-order chi connectivity index (χ1) is 49.2. The number of aliphatic hydroxyl groups is 9. The number of carbonyl (C=O) groups is 1. The Morgan fingerprint density at radius 3 is 1.21 bits per heavy atom. The van der Waals surface area contributed by atoms with E-state index in [1.54, 1.807) is 16.4 Å². The van der Waals surface area contributed by atoms with Crippen LogP contribution in [0.25, 0.3) is 0 Å². The molecule has 0 radical (unpaired) electrons. The maximum Gasteiger partial charge on any atom is 0.397 e. The largest absolute Gasteiger partial charge is 0.397 e. The first-order valence-electron chi connectivity index (χ1n) is 31.9. The van der Waals surface area contributed by atoms with E-state index in [2.05, 4.69) is 17.9 Å². The molecule has 0 aromatic carbocycles. The molecule has 5 heterocycles. The van der Waals surface area contributed by atoms with E-state index in [-0.39, 0.29) is 13.2 Å². The van der Waals surface area contributed by atoms with Crippen molar-refractivity contribution in [2.24, 2.45) is 28.6 Å². The maximum absolute atomic E-state index is 12.8. The van der Waals surface area contributed by atoms with Crippen molar-refractivity contribution >= 4 is 78.5 Å². The molecule has 0 saturated carbocycles. The Kier molecular flexibility index (Phi) is 33.7. The fourth-order valence-electron chi connectivity index (χ4n) is 13.6. The lowest BCUT2D eigenvalue weighted by Crippen LogP contribution is -2.70. The van der Waals surface area contributed by atoms with Crippen LogP contribution in [0.2, 0.25) is 0 Å². The van der Waals surface area contributed by atoms with E-state index in [9.17, 15) is 142 Å². The summed E-state index contributed by atoms with van der Waals surface area (Å²) in [7, 11) is -37.5. The fourth-order valence-corrected chi connectivity index (χ4v) is 16.9. The Morgan fingerprint density at radius 1 is 0.426 bits per heavy atom. The topological polar surface area (TPSA) is 764 Å². The summed E-state index contributed by atoms with van der Waals surface area (Å²) in [5.41, 5.74) is -11.3. The molecule has 1 amide bonds. The van der Waals surface area contributed by atoms with Crippen molar-refractivity contribution in [1.82, 2.24) is 14.8 Å². The molecule has 5 saturated heterocycles. The van der Waals surface area contributed by atoms with Crippen molar-refractivity contribution in [3.63, 3.8) is 0 Å². The van der Waals surface area contributed by atoms with E-state index >= 15 is 0 Å². The molecule has 0 spiro atoms. The van der Waals surface area contributed by atoms with Gasteiger partial charge in [0.2, 0.25) is 5.91 Å². The second-order valence-electron chi connectivity index (χ2n) is 27.3. The van der Waals surface area contributed by atoms with Crippen LogP contribution in [0.3, 0.4) is 0 Å². The Labute approximate surface area is 620 Å². The molecule has 0 aromatic rings. The van der Waals surface area contributed by atoms with E-state index in [0.717, 1.165) is 34.6 Å². The summed E-state index contributed by atoms with van der Waals surface area (Å²) in [5.74, 6) is -5.72. The average molecular weight is 1730 g/mol. The number of rotatable bonds is 42. The van der Waals surface area contributed by atoms with E-state index in [1.807, 2.05) is 0 Å². The predicted molar refractivity (Wildman–Crippen MR) is 346 cm³/mol. The zero-order valence-corrected chi connectivity index (χ0v) is 64.2. The van der Waals surface area contributed by atoms with Crippen LogP contribution in [0.5, 0.6) is 0 Å². The highest BCUT2D eigenvalue weighted by Gasteiger charge is 2.62. The molecule has 0 aromatic heterocycles. The zero-order chi connectivity index (χ0) is 82.3. The highest BCUT2D eigenvalue weighted by Crippen LogP contribution is 2.45. The molecular formula is C51H95N3O47S7. The van der Waals surface area contributed by atoms with Gasteiger partial charge in [-0.15, -0.1) is 0 Å². The van der Waals surface area contributed by atoms with Gasteiger partial charge in [-0.25, -0.2) is 20.9 Å². The Bertz CT molecular complexity index is 3780. The van der Waals surface area contributed by atoms with Gasteiger partial charge in [0.05, 0.1) is 158 Å². The number of hydrogen-bond donors (Lipinski definition) is 19. The van der Waals surface area contributed by atoms with Crippen LogP contribution in [-0.2, 0) is 150 Å². The number of aliphatic hydroxyl groups excluding tert-OH is 7. The molecule has 638 valence electrons. The van der Waals surface area contributed by atoms with Gasteiger partial charge in [-0.1, -0.05) is 20.8 Å². The standard InChI is InChI=1S/C51H95N3O47S7/c1-9-10-87-21-50(6)39(53-102(65,66)67)34(57)26(29(98-50)17-93-105(74,75)76)12-88-15-32-37(101-108(83,84)85)42(60)48(4,44(96-32)46(63)64)20-91-23-51(7)40(54-103(68,69)70)36(100-107(80,81)82)27(30(99-51)18-94-106(77,78)79)13-89-14-31-35(58)41(59)47(3,43(95-31)45(61)62)19-90-22-49(5)38(52-24(2)55)33(56)25(11-86-8)28(97-49)16-92-104(71,72)73/h25-46,53-54,56-64H,9-23H2,1-8H3,(H,52,55)(H,65,66,67)(H,68,69,70)(H,71,72,73)(H,74,75,76)(H,77,78,79)(H,80,81,82)(H,83,84,85). The summed E-state index contributed by atoms with van der Waals surface area (Å²) in [6, 6.07) is -5.83. The molecular weight excluding hydrogens is 1630 g/mol. The number of amides is 1. The summed E-state index contributed by atoms with van der Waals surface area (Å²) >= 11 is 0. The summed E-state index contributed by atoms with van der Waals surface area (Å²) in [6.45, 7) is -5.07. The molecule has 0 aliphatic carbocycles. The van der Waals surface area contributed by atoms with Crippen molar-refractivity contribution in [1.29, 1.82) is 0 Å². The minimum absolute atomic E-state index is 0.0124. The molecule has 50 nitrogen and oxygen atoms in total. The average Bonchev–Trinajstić information content (AvgIpc) is 0.764. The highest BCUT2D eigenvalue weighted by molar-refractivity contribution is 7.84. The van der Waals surface area contributed by atoms with Crippen LogP contribution in [0.1, 0.15) is 54.9 Å². The number of methoxy groups -OCH3 is 1. The van der Waals surface area contributed by atoms with Crippen molar-refractivity contribution in [2.45, 2.75) is 188 Å². The van der Waals surface area contributed by atoms with Gasteiger partial charge in [-0.05, 0) is 27.2 Å². The molecule has 5 fully saturated rings. The van der Waals surface area contributed by atoms with Crippen LogP contribution in [0.15, 0.2) is 0 Å². The van der Waals surface area contributed by atoms with Crippen LogP contribution in [-0.4, -0.2) is 375 Å². The van der Waals surface area contributed by atoms with Gasteiger partial charge in [-0.3, -0.25) is 36.7 Å². The normalized spacial score (nSPS) is 37.9. The van der Waals surface area contributed by atoms with E-state index in [0.29, 0.717) is 6.42 Å². The van der Waals surface area contributed by atoms with Gasteiger partial charge in [0.15, 0.2) is 12.6 Å². The first-order valence-corrected chi connectivity index (χ1v) is 41.6. The van der Waals surface area contributed by atoms with Gasteiger partial charge < -0.3 is 103 Å². The first kappa shape index (κ1) is 96.3. The van der Waals surface area contributed by atoms with Crippen LogP contribution >= 0.6 is 0 Å². The van der Waals surface area contributed by atoms with Crippen molar-refractivity contribution in [3.8, 4) is 0 Å². The van der Waals surface area contributed by atoms with E-state index in [1.165, 1.54) is 14.0 Å². The van der Waals surface area contributed by atoms with Gasteiger partial charge in [0.1, 0.15) is 59.5 Å². The minimum atomic E-state index is -5.96. The maximum atomic E-state index is 12.8. The third kappa shape index (κ3) is 26.9. The highest BCUT2D eigenvalue weighted by atomic mass is 32.3. The fraction of sp³-hybridized carbons (Fsp3) is 0.980. The van der Waals surface area contributed by atoms with Gasteiger partial charge in [0.25, 0.3) is 0 Å². The Morgan fingerprint density at radius 2 is 0.796 bits per heavy atom. The summed E-state index contributed by atoms with van der Waals surface area (Å²) < 4.78 is 330. The third-order valence-electron chi connectivity index (χ3n) is 18.6. The number of ether oxygens (including phenoxy) is 11. The zero-order valence-electron chi connectivity index (χ0n) is 58.5. The molecule has 5 rings (SSSR count). The third-order valence-corrected chi connectivity index (χ3v) is 21.9. The number of carbonyl (C=O) groups excluding carboxylic acids is 1. The lowest BCUT2D eigenvalue weighted by Gasteiger charge is -2.53. The Balaban J connectivity index is 1.43. The monoisotopic (exact) mass is 1730 g/mol. The molecule has 57 heteroatoms. The van der Waals surface area contributed by atoms with Gasteiger partial charge in [0, 0.05) is 38.4 Å². The van der Waals surface area contributed by atoms with Crippen LogP contribution in [0, 0.1) is 28.6 Å². The SMILES string of the molecule is CCCOCC1(C)OC(COS(=O)(=O)O)C(COCC2OC(C(O)O)C(C)(COCC3(C)OC(COS(=O)(=O)O)C(COCC4OC(C(O)O)C(C)(COCC5(C)OC(COS(=O)(=O)O)C(COC)C(O)C5NC(C)=O)C(O)C4O)C(OS(=O)(=O)O)C3NS(=O)(=O)O)C(O)C2OS(=O)(=O)O)C(O)C1NS(=O)(=O)O. The van der Waals surface area contributed by atoms with Crippen LogP contribution < -0.4 is 14.8 Å². The van der Waals surface area contributed by atoms with E-state index in [4.69, 9.17) is 60.5 Å². The number of nitrogens with one attached hydrogen (secondary N) is 3. The smallest absolute Gasteiger partial charge is 0.391 e. The molecule has 5 aliphatic rings. The summed E-state index contributed by atoms with van der Waals surface area (Å²) in [6.07, 6.45) is -34.6. The molecule has 0 bridgehead atoms. The predicted octanol–water partition coefficient (Wildman–Crippen LogP) is -9.72. The van der Waals surface area contributed by atoms with Crippen molar-refractivity contribution in [3.05, 3.63) is 0 Å². The summed E-state index contributed by atoms with van der Waals surface area (Å²) in [5, 5.41) is 104. The quantitative estimate of drug-likeness (QED) is 0.0153. The molecule has 108 heavy (non-hydrogen) atoms. The Hall–Kier alpha value is -2.24. The van der Waals surface area contributed by atoms with Crippen molar-refractivity contribution < 1.29 is 215 Å². The van der Waals surface area contributed by atoms with E-state index < -0.39 is 319 Å². The second kappa shape index (κ2) is 37.8. The molecule has 5 aliphatic heterocycles. The van der Waals surface area contributed by atoms with Crippen LogP contribution in [0.4, 0.5) is 0 Å². The summed E-state index contributed by atoms with van der Waals surface area (Å²) in [4.78, 5) is 12.4. The van der Waals surface area contributed by atoms with Crippen molar-refractivity contribution in [2.75, 3.05) is 99.6 Å². The van der Waals surface area contributed by atoms with Gasteiger partial charge in [-0.2, -0.15) is 68.4 Å². The molecule has 25 atom stereocenters. The van der Waals surface area contributed by atoms with Gasteiger partial charge >= 0.3 is 72.6 Å². The molecule has 25 unspecified atom stereocenters. The lowest BCUT2D eigenvalue weighted by molar-refractivity contribution is -0.307. The lowest BCUT2D eigenvalue weighted by atomic mass is 9.73. The second-order valence-corrected chi connectivity index (χ2v) is 35.0. The number of hydrogen-bond acceptors (Lipinski definition) is 40.